The second-order valence-corrected chi connectivity index (χ2v) is 6.75. The Hall–Kier alpha value is -1.39. The van der Waals surface area contributed by atoms with E-state index >= 15 is 0 Å². The number of hydrogen-bond donors (Lipinski definition) is 0. The van der Waals surface area contributed by atoms with Gasteiger partial charge in [0.2, 0.25) is 5.91 Å². The van der Waals surface area contributed by atoms with Crippen LogP contribution in [-0.2, 0) is 16.1 Å². The first-order valence-electron chi connectivity index (χ1n) is 8.93. The Morgan fingerprint density at radius 3 is 2.83 bits per heavy atom. The van der Waals surface area contributed by atoms with Crippen LogP contribution in [0.25, 0.3) is 0 Å². The maximum Gasteiger partial charge on any atom is 0.224 e. The maximum absolute atomic E-state index is 12.4. The summed E-state index contributed by atoms with van der Waals surface area (Å²) < 4.78 is 5.97. The average molecular weight is 316 g/mol. The van der Waals surface area contributed by atoms with Crippen molar-refractivity contribution in [1.82, 2.24) is 9.80 Å². The highest BCUT2D eigenvalue weighted by Crippen LogP contribution is 2.25. The molecule has 3 rings (SSSR count). The summed E-state index contributed by atoms with van der Waals surface area (Å²) in [5.41, 5.74) is 1.32. The molecule has 2 aliphatic rings. The minimum absolute atomic E-state index is 0.229. The molecule has 1 aromatic carbocycles. The molecule has 0 saturated carbocycles. The van der Waals surface area contributed by atoms with Crippen molar-refractivity contribution in [2.75, 3.05) is 26.2 Å². The summed E-state index contributed by atoms with van der Waals surface area (Å²) >= 11 is 0. The lowest BCUT2D eigenvalue weighted by Crippen LogP contribution is -2.38. The van der Waals surface area contributed by atoms with Gasteiger partial charge in [0, 0.05) is 45.2 Å². The third-order valence-corrected chi connectivity index (χ3v) is 4.91. The van der Waals surface area contributed by atoms with Crippen LogP contribution in [0.2, 0.25) is 0 Å². The third kappa shape index (κ3) is 4.33. The normalized spacial score (nSPS) is 25.4. The van der Waals surface area contributed by atoms with Crippen molar-refractivity contribution >= 4 is 5.91 Å². The van der Waals surface area contributed by atoms with Gasteiger partial charge < -0.3 is 9.64 Å². The topological polar surface area (TPSA) is 32.8 Å². The van der Waals surface area contributed by atoms with E-state index in [1.54, 1.807) is 0 Å². The van der Waals surface area contributed by atoms with Gasteiger partial charge in [-0.1, -0.05) is 43.7 Å². The molecular formula is C19H28N2O2. The minimum atomic E-state index is 0.229. The van der Waals surface area contributed by atoms with Crippen LogP contribution in [-0.4, -0.2) is 54.1 Å². The Morgan fingerprint density at radius 1 is 1.22 bits per heavy atom. The first-order chi connectivity index (χ1) is 11.3. The van der Waals surface area contributed by atoms with Gasteiger partial charge in [-0.25, -0.2) is 0 Å². The number of amides is 1. The molecule has 2 atom stereocenters. The van der Waals surface area contributed by atoms with Crippen molar-refractivity contribution < 1.29 is 9.53 Å². The zero-order valence-corrected chi connectivity index (χ0v) is 14.1. The number of carbonyl (C=O) groups excluding carboxylic acids is 1. The number of carbonyl (C=O) groups is 1. The molecule has 4 heteroatoms. The Balaban J connectivity index is 1.58. The first kappa shape index (κ1) is 16.5. The highest BCUT2D eigenvalue weighted by Gasteiger charge is 2.38. The SMILES string of the molecule is CCCCO[C@@H]1C[C@@H]2CN(Cc3ccccc3)CCC(=O)N2C1. The van der Waals surface area contributed by atoms with Crippen molar-refractivity contribution in [3.05, 3.63) is 35.9 Å². The van der Waals surface area contributed by atoms with Gasteiger partial charge in [0.15, 0.2) is 0 Å². The number of benzene rings is 1. The Kier molecular flexibility index (Phi) is 5.68. The molecule has 2 saturated heterocycles. The van der Waals surface area contributed by atoms with E-state index in [0.717, 1.165) is 52.0 Å². The summed E-state index contributed by atoms with van der Waals surface area (Å²) in [4.78, 5) is 16.9. The summed E-state index contributed by atoms with van der Waals surface area (Å²) in [6, 6.07) is 10.9. The fourth-order valence-electron chi connectivity index (χ4n) is 3.64. The van der Waals surface area contributed by atoms with Crippen LogP contribution in [0.4, 0.5) is 0 Å². The Labute approximate surface area is 139 Å². The molecule has 23 heavy (non-hydrogen) atoms. The number of rotatable bonds is 6. The highest BCUT2D eigenvalue weighted by molar-refractivity contribution is 5.77. The van der Waals surface area contributed by atoms with E-state index in [2.05, 4.69) is 41.0 Å². The van der Waals surface area contributed by atoms with Gasteiger partial charge in [0.1, 0.15) is 0 Å². The van der Waals surface area contributed by atoms with Crippen LogP contribution in [0.15, 0.2) is 30.3 Å². The molecule has 0 bridgehead atoms. The third-order valence-electron chi connectivity index (χ3n) is 4.91. The van der Waals surface area contributed by atoms with Gasteiger partial charge in [-0.2, -0.15) is 0 Å². The van der Waals surface area contributed by atoms with E-state index in [9.17, 15) is 4.79 Å². The smallest absolute Gasteiger partial charge is 0.224 e. The predicted octanol–water partition coefficient (Wildman–Crippen LogP) is 2.68. The Bertz CT molecular complexity index is 505. The van der Waals surface area contributed by atoms with Gasteiger partial charge in [-0.15, -0.1) is 0 Å². The molecule has 0 aliphatic carbocycles. The van der Waals surface area contributed by atoms with Crippen LogP contribution >= 0.6 is 0 Å². The van der Waals surface area contributed by atoms with Crippen LogP contribution in [0, 0.1) is 0 Å². The zero-order chi connectivity index (χ0) is 16.1. The van der Waals surface area contributed by atoms with Crippen LogP contribution < -0.4 is 0 Å². The van der Waals surface area contributed by atoms with Crippen molar-refractivity contribution in [1.29, 1.82) is 0 Å². The number of fused-ring (bicyclic) bond motifs is 1. The van der Waals surface area contributed by atoms with Crippen molar-refractivity contribution in [3.63, 3.8) is 0 Å². The second kappa shape index (κ2) is 7.93. The second-order valence-electron chi connectivity index (χ2n) is 6.75. The zero-order valence-electron chi connectivity index (χ0n) is 14.1. The van der Waals surface area contributed by atoms with Crippen LogP contribution in [0.5, 0.6) is 0 Å². The van der Waals surface area contributed by atoms with E-state index in [4.69, 9.17) is 4.74 Å². The van der Waals surface area contributed by atoms with E-state index < -0.39 is 0 Å². The fraction of sp³-hybridized carbons (Fsp3) is 0.632. The number of nitrogens with zero attached hydrogens (tertiary/aromatic N) is 2. The minimum Gasteiger partial charge on any atom is -0.376 e. The van der Waals surface area contributed by atoms with Gasteiger partial charge in [-0.3, -0.25) is 9.69 Å². The maximum atomic E-state index is 12.4. The number of ether oxygens (including phenoxy) is 1. The summed E-state index contributed by atoms with van der Waals surface area (Å²) in [6.07, 6.45) is 4.11. The van der Waals surface area contributed by atoms with Crippen LogP contribution in [0.1, 0.15) is 38.2 Å². The van der Waals surface area contributed by atoms with Crippen molar-refractivity contribution in [2.24, 2.45) is 0 Å². The van der Waals surface area contributed by atoms with E-state index in [0.29, 0.717) is 18.4 Å². The molecule has 2 fully saturated rings. The van der Waals surface area contributed by atoms with Gasteiger partial charge in [0.05, 0.1) is 6.10 Å². The van der Waals surface area contributed by atoms with Gasteiger partial charge in [0.25, 0.3) is 0 Å². The standard InChI is InChI=1S/C19H28N2O2/c1-2-3-11-23-18-12-17-14-20(10-9-19(22)21(17)15-18)13-16-7-5-4-6-8-16/h4-8,17-18H,2-3,9-15H2,1H3/t17-,18-/m1/s1. The highest BCUT2D eigenvalue weighted by atomic mass is 16.5. The summed E-state index contributed by atoms with van der Waals surface area (Å²) in [7, 11) is 0. The molecule has 1 amide bonds. The molecule has 126 valence electrons. The monoisotopic (exact) mass is 316 g/mol. The molecule has 2 aliphatic heterocycles. The molecule has 0 radical (unpaired) electrons. The average Bonchev–Trinajstić information content (AvgIpc) is 2.90. The lowest BCUT2D eigenvalue weighted by Gasteiger charge is -2.25. The predicted molar refractivity (Wildman–Crippen MR) is 91.1 cm³/mol. The first-order valence-corrected chi connectivity index (χ1v) is 8.93. The quantitative estimate of drug-likeness (QED) is 0.757. The van der Waals surface area contributed by atoms with Gasteiger partial charge >= 0.3 is 0 Å². The molecule has 0 N–H and O–H groups in total. The molecule has 2 heterocycles. The Morgan fingerprint density at radius 2 is 2.04 bits per heavy atom. The summed E-state index contributed by atoms with van der Waals surface area (Å²) in [6.45, 7) is 6.54. The largest absolute Gasteiger partial charge is 0.376 e. The van der Waals surface area contributed by atoms with E-state index in [1.807, 2.05) is 6.07 Å². The number of hydrogen-bond acceptors (Lipinski definition) is 3. The lowest BCUT2D eigenvalue weighted by molar-refractivity contribution is -0.131. The molecule has 0 aromatic heterocycles. The van der Waals surface area contributed by atoms with E-state index in [-0.39, 0.29) is 6.10 Å². The molecule has 0 spiro atoms. The lowest BCUT2D eigenvalue weighted by atomic mass is 10.1. The molecule has 1 aromatic rings. The fourth-order valence-corrected chi connectivity index (χ4v) is 3.64. The molecular weight excluding hydrogens is 288 g/mol. The van der Waals surface area contributed by atoms with Crippen LogP contribution in [0.3, 0.4) is 0 Å². The van der Waals surface area contributed by atoms with Crippen molar-refractivity contribution in [3.8, 4) is 0 Å². The van der Waals surface area contributed by atoms with Crippen molar-refractivity contribution in [2.45, 2.75) is 51.3 Å². The summed E-state index contributed by atoms with van der Waals surface area (Å²) in [5, 5.41) is 0. The molecule has 4 nitrogen and oxygen atoms in total. The van der Waals surface area contributed by atoms with E-state index in [1.165, 1.54) is 5.56 Å². The molecule has 0 unspecified atom stereocenters. The summed E-state index contributed by atoms with van der Waals surface area (Å²) in [5.74, 6) is 0.298. The number of unbranched alkanes of at least 4 members (excludes halogenated alkanes) is 1. The van der Waals surface area contributed by atoms with Gasteiger partial charge in [-0.05, 0) is 18.4 Å².